The first-order valence-corrected chi connectivity index (χ1v) is 12.3. The van der Waals surface area contributed by atoms with Crippen LogP contribution in [0.1, 0.15) is 37.1 Å². The van der Waals surface area contributed by atoms with Crippen molar-refractivity contribution in [2.75, 3.05) is 10.6 Å². The van der Waals surface area contributed by atoms with Crippen LogP contribution < -0.4 is 15.4 Å². The molecule has 4 aromatic rings. The summed E-state index contributed by atoms with van der Waals surface area (Å²) in [5.74, 6) is 0.667. The maximum absolute atomic E-state index is 12.7. The average molecular weight is 500 g/mol. The SMILES string of the molecule is Cc1nc2cc(Nc3cc(-c4cccc(OC(F)(F)F)c4)nc(NC4CCCCC4)n3)ccc2s1. The van der Waals surface area contributed by atoms with E-state index < -0.39 is 6.36 Å². The fourth-order valence-electron chi connectivity index (χ4n) is 4.27. The summed E-state index contributed by atoms with van der Waals surface area (Å²) in [7, 11) is 0. The van der Waals surface area contributed by atoms with Gasteiger partial charge in [-0.05, 0) is 50.1 Å². The first-order chi connectivity index (χ1) is 16.8. The van der Waals surface area contributed by atoms with E-state index >= 15 is 0 Å². The van der Waals surface area contributed by atoms with Crippen LogP contribution in [-0.4, -0.2) is 27.4 Å². The zero-order chi connectivity index (χ0) is 24.4. The monoisotopic (exact) mass is 499 g/mol. The van der Waals surface area contributed by atoms with Gasteiger partial charge in [0.25, 0.3) is 0 Å². The zero-order valence-corrected chi connectivity index (χ0v) is 19.8. The molecule has 0 radical (unpaired) electrons. The molecule has 1 aliphatic carbocycles. The van der Waals surface area contributed by atoms with E-state index in [4.69, 9.17) is 0 Å². The van der Waals surface area contributed by atoms with Crippen LogP contribution in [0.4, 0.5) is 30.6 Å². The van der Waals surface area contributed by atoms with Gasteiger partial charge in [-0.2, -0.15) is 4.98 Å². The number of hydrogen-bond acceptors (Lipinski definition) is 7. The van der Waals surface area contributed by atoms with Gasteiger partial charge in [-0.25, -0.2) is 9.97 Å². The van der Waals surface area contributed by atoms with Crippen molar-refractivity contribution >= 4 is 39.0 Å². The topological polar surface area (TPSA) is 72.0 Å². The molecule has 10 heteroatoms. The van der Waals surface area contributed by atoms with Crippen molar-refractivity contribution in [1.29, 1.82) is 0 Å². The molecule has 2 heterocycles. The first-order valence-electron chi connectivity index (χ1n) is 11.5. The largest absolute Gasteiger partial charge is 0.573 e. The minimum atomic E-state index is -4.77. The van der Waals surface area contributed by atoms with E-state index in [9.17, 15) is 13.2 Å². The number of hydrogen-bond donors (Lipinski definition) is 2. The molecule has 1 aliphatic rings. The number of thiazole rings is 1. The third-order valence-electron chi connectivity index (χ3n) is 5.79. The Hall–Kier alpha value is -3.40. The quantitative estimate of drug-likeness (QED) is 0.287. The molecule has 2 aromatic heterocycles. The number of nitrogens with one attached hydrogen (secondary N) is 2. The number of nitrogens with zero attached hydrogens (tertiary/aromatic N) is 3. The normalized spacial score (nSPS) is 14.7. The molecular weight excluding hydrogens is 475 g/mol. The molecule has 0 saturated heterocycles. The number of aromatic nitrogens is 3. The summed E-state index contributed by atoms with van der Waals surface area (Å²) >= 11 is 1.63. The van der Waals surface area contributed by atoms with Gasteiger partial charge in [0.1, 0.15) is 11.6 Å². The molecule has 0 aliphatic heterocycles. The summed E-state index contributed by atoms with van der Waals surface area (Å²) < 4.78 is 43.4. The molecule has 0 spiro atoms. The van der Waals surface area contributed by atoms with Gasteiger partial charge in [0.2, 0.25) is 5.95 Å². The highest BCUT2D eigenvalue weighted by molar-refractivity contribution is 7.18. The van der Waals surface area contributed by atoms with Gasteiger partial charge in [0, 0.05) is 23.4 Å². The van der Waals surface area contributed by atoms with Crippen LogP contribution in [0, 0.1) is 6.92 Å². The second kappa shape index (κ2) is 9.69. The number of alkyl halides is 3. The van der Waals surface area contributed by atoms with Gasteiger partial charge in [0.05, 0.1) is 20.9 Å². The summed E-state index contributed by atoms with van der Waals surface area (Å²) in [4.78, 5) is 13.8. The molecule has 0 bridgehead atoms. The molecular formula is C25H24F3N5OS. The Bertz CT molecular complexity index is 1330. The van der Waals surface area contributed by atoms with E-state index in [-0.39, 0.29) is 11.8 Å². The molecule has 5 rings (SSSR count). The highest BCUT2D eigenvalue weighted by atomic mass is 32.1. The van der Waals surface area contributed by atoms with Gasteiger partial charge in [0.15, 0.2) is 0 Å². The smallest absolute Gasteiger partial charge is 0.406 e. The van der Waals surface area contributed by atoms with Crippen molar-refractivity contribution in [2.45, 2.75) is 51.4 Å². The van der Waals surface area contributed by atoms with E-state index in [0.717, 1.165) is 46.6 Å². The third-order valence-corrected chi connectivity index (χ3v) is 6.75. The summed E-state index contributed by atoms with van der Waals surface area (Å²) in [6.07, 6.45) is 0.808. The number of anilines is 3. The van der Waals surface area contributed by atoms with Gasteiger partial charge in [-0.1, -0.05) is 31.4 Å². The first kappa shape index (κ1) is 23.3. The fraction of sp³-hybridized carbons (Fsp3) is 0.320. The van der Waals surface area contributed by atoms with Gasteiger partial charge >= 0.3 is 6.36 Å². The number of rotatable bonds is 6. The number of aryl methyl sites for hydroxylation is 1. The summed E-state index contributed by atoms with van der Waals surface area (Å²) in [5, 5.41) is 7.71. The third kappa shape index (κ3) is 6.00. The maximum Gasteiger partial charge on any atom is 0.573 e. The van der Waals surface area contributed by atoms with Crippen molar-refractivity contribution < 1.29 is 17.9 Å². The molecule has 0 amide bonds. The molecule has 0 unspecified atom stereocenters. The van der Waals surface area contributed by atoms with Gasteiger partial charge in [-0.15, -0.1) is 24.5 Å². The van der Waals surface area contributed by atoms with Crippen LogP contribution in [0.15, 0.2) is 48.5 Å². The lowest BCUT2D eigenvalue weighted by Gasteiger charge is -2.23. The minimum Gasteiger partial charge on any atom is -0.406 e. The lowest BCUT2D eigenvalue weighted by Crippen LogP contribution is -2.23. The van der Waals surface area contributed by atoms with Crippen LogP contribution in [0.3, 0.4) is 0 Å². The van der Waals surface area contributed by atoms with Crippen molar-refractivity contribution in [3.63, 3.8) is 0 Å². The van der Waals surface area contributed by atoms with Crippen molar-refractivity contribution in [3.05, 3.63) is 53.5 Å². The van der Waals surface area contributed by atoms with Crippen LogP contribution >= 0.6 is 11.3 Å². The minimum absolute atomic E-state index is 0.265. The Balaban J connectivity index is 1.48. The lowest BCUT2D eigenvalue weighted by molar-refractivity contribution is -0.274. The fourth-order valence-corrected chi connectivity index (χ4v) is 5.08. The average Bonchev–Trinajstić information content (AvgIpc) is 3.18. The van der Waals surface area contributed by atoms with E-state index in [2.05, 4.69) is 30.3 Å². The summed E-state index contributed by atoms with van der Waals surface area (Å²) in [6, 6.07) is 13.7. The number of halogens is 3. The number of ether oxygens (including phenoxy) is 1. The Morgan fingerprint density at radius 3 is 2.60 bits per heavy atom. The van der Waals surface area contributed by atoms with E-state index in [1.807, 2.05) is 25.1 Å². The van der Waals surface area contributed by atoms with Gasteiger partial charge in [-0.3, -0.25) is 0 Å². The molecule has 1 saturated carbocycles. The van der Waals surface area contributed by atoms with Crippen molar-refractivity contribution in [3.8, 4) is 17.0 Å². The Morgan fingerprint density at radius 2 is 1.80 bits per heavy atom. The second-order valence-electron chi connectivity index (χ2n) is 8.56. The van der Waals surface area contributed by atoms with Crippen LogP contribution in [-0.2, 0) is 0 Å². The Morgan fingerprint density at radius 1 is 0.971 bits per heavy atom. The molecule has 2 aromatic carbocycles. The molecule has 182 valence electrons. The summed E-state index contributed by atoms with van der Waals surface area (Å²) in [6.45, 7) is 1.97. The second-order valence-corrected chi connectivity index (χ2v) is 9.79. The molecule has 2 N–H and O–H groups in total. The van der Waals surface area contributed by atoms with Crippen LogP contribution in [0.5, 0.6) is 5.75 Å². The number of benzene rings is 2. The predicted molar refractivity (Wildman–Crippen MR) is 132 cm³/mol. The molecule has 0 atom stereocenters. The van der Waals surface area contributed by atoms with E-state index in [1.165, 1.54) is 24.6 Å². The highest BCUT2D eigenvalue weighted by Gasteiger charge is 2.31. The van der Waals surface area contributed by atoms with E-state index in [0.29, 0.717) is 23.0 Å². The molecule has 6 nitrogen and oxygen atoms in total. The summed E-state index contributed by atoms with van der Waals surface area (Å²) in [5.41, 5.74) is 2.68. The van der Waals surface area contributed by atoms with Crippen LogP contribution in [0.25, 0.3) is 21.5 Å². The number of fused-ring (bicyclic) bond motifs is 1. The van der Waals surface area contributed by atoms with Crippen molar-refractivity contribution in [1.82, 2.24) is 15.0 Å². The molecule has 35 heavy (non-hydrogen) atoms. The maximum atomic E-state index is 12.7. The Kier molecular flexibility index (Phi) is 6.46. The molecule has 1 fully saturated rings. The lowest BCUT2D eigenvalue weighted by atomic mass is 9.96. The van der Waals surface area contributed by atoms with Crippen molar-refractivity contribution in [2.24, 2.45) is 0 Å². The predicted octanol–water partition coefficient (Wildman–Crippen LogP) is 7.45. The van der Waals surface area contributed by atoms with Crippen LogP contribution in [0.2, 0.25) is 0 Å². The highest BCUT2D eigenvalue weighted by Crippen LogP contribution is 2.31. The zero-order valence-electron chi connectivity index (χ0n) is 19.0. The standard InChI is InChI=1S/C25H24F3N5OS/c1-15-29-21-13-18(10-11-22(21)35-15)30-23-14-20(16-6-5-9-19(12-16)34-25(26,27)28)32-24(33-23)31-17-7-3-2-4-8-17/h5-6,9-14,17H,2-4,7-8H2,1H3,(H2,30,31,32,33). The van der Waals surface area contributed by atoms with E-state index in [1.54, 1.807) is 23.5 Å². The Labute approximate surface area is 204 Å². The van der Waals surface area contributed by atoms with Gasteiger partial charge < -0.3 is 15.4 Å².